The zero-order chi connectivity index (χ0) is 33.6. The highest BCUT2D eigenvalue weighted by Crippen LogP contribution is 2.67. The molecule has 0 aromatic heterocycles. The Morgan fingerprint density at radius 3 is 2.20 bits per heavy atom. The van der Waals surface area contributed by atoms with E-state index in [0.717, 1.165) is 25.7 Å². The van der Waals surface area contributed by atoms with Crippen LogP contribution in [0, 0.1) is 28.6 Å². The minimum absolute atomic E-state index is 0.0160. The predicted octanol–water partition coefficient (Wildman–Crippen LogP) is 6.91. The molecule has 0 amide bonds. The number of phenols is 2. The molecule has 0 saturated heterocycles. The van der Waals surface area contributed by atoms with Gasteiger partial charge in [0.15, 0.2) is 23.0 Å². The van der Waals surface area contributed by atoms with Gasteiger partial charge in [0.1, 0.15) is 17.2 Å². The Kier molecular flexibility index (Phi) is 8.79. The van der Waals surface area contributed by atoms with Gasteiger partial charge in [-0.3, -0.25) is 19.2 Å². The second-order valence-corrected chi connectivity index (χ2v) is 13.8. The van der Waals surface area contributed by atoms with Crippen LogP contribution < -0.4 is 4.74 Å². The molecule has 4 aliphatic carbocycles. The lowest BCUT2D eigenvalue weighted by molar-refractivity contribution is -0.185. The van der Waals surface area contributed by atoms with Crippen LogP contribution in [0.3, 0.4) is 0 Å². The van der Waals surface area contributed by atoms with Crippen molar-refractivity contribution < 1.29 is 38.9 Å². The van der Waals surface area contributed by atoms with Gasteiger partial charge in [0.05, 0.1) is 18.2 Å². The maximum absolute atomic E-state index is 12.8. The van der Waals surface area contributed by atoms with Crippen LogP contribution in [0.1, 0.15) is 89.1 Å². The number of carbonyl (C=O) groups is 4. The molecule has 0 heterocycles. The summed E-state index contributed by atoms with van der Waals surface area (Å²) in [5, 5.41) is 19.4. The molecular weight excluding hydrogens is 584 g/mol. The smallest absolute Gasteiger partial charge is 0.303 e. The Labute approximate surface area is 270 Å². The van der Waals surface area contributed by atoms with Crippen molar-refractivity contribution in [2.24, 2.45) is 28.6 Å². The first-order valence-corrected chi connectivity index (χ1v) is 16.0. The highest BCUT2D eigenvalue weighted by molar-refractivity contribution is 6.12. The number of para-hydroxylation sites is 1. The topological polar surface area (TPSA) is 127 Å². The summed E-state index contributed by atoms with van der Waals surface area (Å²) < 4.78 is 10.8. The van der Waals surface area contributed by atoms with Gasteiger partial charge in [0.25, 0.3) is 0 Å². The fourth-order valence-corrected chi connectivity index (χ4v) is 9.12. The number of rotatable bonds is 5. The molecule has 46 heavy (non-hydrogen) atoms. The minimum Gasteiger partial charge on any atom is -0.507 e. The fourth-order valence-electron chi connectivity index (χ4n) is 9.12. The van der Waals surface area contributed by atoms with Crippen molar-refractivity contribution >= 4 is 23.3 Å². The first kappa shape index (κ1) is 33.2. The number of methoxy groups -OCH3 is 1. The summed E-state index contributed by atoms with van der Waals surface area (Å²) in [7, 11) is 1.47. The summed E-state index contributed by atoms with van der Waals surface area (Å²) in [6.07, 6.45) is 9.20. The van der Waals surface area contributed by atoms with Gasteiger partial charge < -0.3 is 19.7 Å². The summed E-state index contributed by atoms with van der Waals surface area (Å²) in [6.45, 7) is 9.63. The third-order valence-corrected chi connectivity index (χ3v) is 11.4. The minimum atomic E-state index is -0.990. The third-order valence-electron chi connectivity index (χ3n) is 11.4. The normalized spacial score (nSPS) is 31.1. The number of ether oxygens (including phenoxy) is 2. The summed E-state index contributed by atoms with van der Waals surface area (Å²) in [5.74, 6) is 0.760. The van der Waals surface area contributed by atoms with E-state index in [1.807, 2.05) is 6.08 Å². The van der Waals surface area contributed by atoms with E-state index >= 15 is 0 Å². The number of esters is 1. The lowest BCUT2D eigenvalue weighted by Gasteiger charge is -2.58. The van der Waals surface area contributed by atoms with Gasteiger partial charge >= 0.3 is 5.97 Å². The lowest BCUT2D eigenvalue weighted by Crippen LogP contribution is -2.58. The van der Waals surface area contributed by atoms with Crippen LogP contribution in [-0.4, -0.2) is 46.2 Å². The van der Waals surface area contributed by atoms with E-state index in [1.54, 1.807) is 25.1 Å². The molecule has 0 bridgehead atoms. The van der Waals surface area contributed by atoms with Crippen LogP contribution in [-0.2, 0) is 19.1 Å². The standard InChI is InChI=1S/C24H32O4.C14H12O4/c1-14-12-18-19(22(4)9-6-17(27)13-21(14)22)7-10-23(5)20(18)8-11-24(23,15(2)25)28-16(3)26;1-18-9-6-7-11(13(16)8-9)14(17)10-4-2-3-5-12(10)15/h12-13,18-20H,6-11H2,1-5H3;2-8,15-16H,1H3. The average Bonchev–Trinajstić information content (AvgIpc) is 3.31. The molecule has 244 valence electrons. The van der Waals surface area contributed by atoms with Gasteiger partial charge in [0.2, 0.25) is 0 Å². The van der Waals surface area contributed by atoms with Crippen molar-refractivity contribution in [1.29, 1.82) is 0 Å². The molecule has 0 aliphatic heterocycles. The first-order valence-electron chi connectivity index (χ1n) is 16.0. The van der Waals surface area contributed by atoms with Gasteiger partial charge in [-0.05, 0) is 105 Å². The fraction of sp³-hybridized carbons (Fsp3) is 0.474. The monoisotopic (exact) mass is 628 g/mol. The Balaban J connectivity index is 0.000000200. The van der Waals surface area contributed by atoms with E-state index in [-0.39, 0.29) is 51.0 Å². The molecule has 0 radical (unpaired) electrons. The molecule has 8 heteroatoms. The largest absolute Gasteiger partial charge is 0.507 e. The van der Waals surface area contributed by atoms with E-state index in [1.165, 1.54) is 49.4 Å². The van der Waals surface area contributed by atoms with Crippen molar-refractivity contribution in [3.63, 3.8) is 0 Å². The number of hydrogen-bond acceptors (Lipinski definition) is 8. The molecule has 2 saturated carbocycles. The van der Waals surface area contributed by atoms with Crippen LogP contribution in [0.4, 0.5) is 0 Å². The van der Waals surface area contributed by atoms with Gasteiger partial charge in [-0.2, -0.15) is 0 Å². The molecule has 2 aromatic rings. The molecule has 0 spiro atoms. The Bertz CT molecular complexity index is 1650. The van der Waals surface area contributed by atoms with Crippen molar-refractivity contribution in [2.75, 3.05) is 7.11 Å². The number of carbonyl (C=O) groups excluding carboxylic acids is 4. The highest BCUT2D eigenvalue weighted by atomic mass is 16.6. The molecule has 4 aliphatic rings. The summed E-state index contributed by atoms with van der Waals surface area (Å²) in [5.41, 5.74) is 1.43. The first-order chi connectivity index (χ1) is 21.7. The number of allylic oxidation sites excluding steroid dienone is 4. The number of Topliss-reactive ketones (excluding diaryl/α,β-unsaturated/α-hetero) is 1. The Morgan fingerprint density at radius 1 is 0.891 bits per heavy atom. The number of aromatic hydroxyl groups is 2. The van der Waals surface area contributed by atoms with E-state index < -0.39 is 11.4 Å². The molecule has 2 N–H and O–H groups in total. The van der Waals surface area contributed by atoms with Crippen molar-refractivity contribution in [3.8, 4) is 17.2 Å². The molecule has 8 nitrogen and oxygen atoms in total. The number of hydrogen-bond donors (Lipinski definition) is 2. The molecular formula is C38H44O8. The lowest BCUT2D eigenvalue weighted by atomic mass is 9.47. The quantitative estimate of drug-likeness (QED) is 0.270. The van der Waals surface area contributed by atoms with Crippen LogP contribution >= 0.6 is 0 Å². The molecule has 2 aromatic carbocycles. The molecule has 2 fully saturated rings. The third kappa shape index (κ3) is 5.35. The predicted molar refractivity (Wildman–Crippen MR) is 173 cm³/mol. The van der Waals surface area contributed by atoms with Crippen LogP contribution in [0.5, 0.6) is 17.2 Å². The second-order valence-electron chi connectivity index (χ2n) is 13.8. The molecule has 6 unspecified atom stereocenters. The second kappa shape index (κ2) is 12.2. The summed E-state index contributed by atoms with van der Waals surface area (Å²) in [4.78, 5) is 48.9. The maximum Gasteiger partial charge on any atom is 0.303 e. The van der Waals surface area contributed by atoms with Crippen LogP contribution in [0.25, 0.3) is 0 Å². The molecule has 6 rings (SSSR count). The number of benzene rings is 2. The van der Waals surface area contributed by atoms with Crippen LogP contribution in [0.15, 0.2) is 65.8 Å². The zero-order valence-electron chi connectivity index (χ0n) is 27.5. The summed E-state index contributed by atoms with van der Waals surface area (Å²) in [6, 6.07) is 10.6. The average molecular weight is 629 g/mol. The van der Waals surface area contributed by atoms with Crippen LogP contribution in [0.2, 0.25) is 0 Å². The van der Waals surface area contributed by atoms with Gasteiger partial charge in [0, 0.05) is 24.8 Å². The van der Waals surface area contributed by atoms with E-state index in [0.29, 0.717) is 36.3 Å². The SMILES string of the molecule is CC(=O)OC1(C(C)=O)CCC2C3C=C(C)C4=CC(=O)CCC4(C)C3CCC21C.COc1ccc(C(=O)c2ccccc2O)c(O)c1. The number of phenolic OH excluding ortho intramolecular Hbond substituents is 2. The van der Waals surface area contributed by atoms with Crippen molar-refractivity contribution in [1.82, 2.24) is 0 Å². The van der Waals surface area contributed by atoms with Gasteiger partial charge in [-0.25, -0.2) is 0 Å². The summed E-state index contributed by atoms with van der Waals surface area (Å²) >= 11 is 0. The van der Waals surface area contributed by atoms with E-state index in [4.69, 9.17) is 9.47 Å². The van der Waals surface area contributed by atoms with Gasteiger partial charge in [-0.1, -0.05) is 37.6 Å². The zero-order valence-corrected chi connectivity index (χ0v) is 27.5. The van der Waals surface area contributed by atoms with Crippen molar-refractivity contribution in [3.05, 3.63) is 76.9 Å². The maximum atomic E-state index is 12.8. The van der Waals surface area contributed by atoms with Crippen molar-refractivity contribution in [2.45, 2.75) is 78.7 Å². The molecule has 6 atom stereocenters. The van der Waals surface area contributed by atoms with Gasteiger partial charge in [-0.15, -0.1) is 0 Å². The number of ketones is 3. The highest BCUT2D eigenvalue weighted by Gasteiger charge is 2.67. The van der Waals surface area contributed by atoms with E-state index in [2.05, 4.69) is 26.8 Å². The number of fused-ring (bicyclic) bond motifs is 5. The Hall–Kier alpha value is -4.20. The Morgan fingerprint density at radius 2 is 1.57 bits per heavy atom. The van der Waals surface area contributed by atoms with E-state index in [9.17, 15) is 29.4 Å².